The van der Waals surface area contributed by atoms with Crippen molar-refractivity contribution >= 4 is 17.0 Å². The zero-order valence-electron chi connectivity index (χ0n) is 22.8. The number of hydrogen-bond acceptors (Lipinski definition) is 4. The largest absolute Gasteiger partial charge is 1.00 e. The second-order valence-electron chi connectivity index (χ2n) is 9.22. The van der Waals surface area contributed by atoms with Crippen molar-refractivity contribution in [3.8, 4) is 24.3 Å². The van der Waals surface area contributed by atoms with Gasteiger partial charge in [-0.15, -0.1) is 0 Å². The molecule has 49 heavy (non-hydrogen) atoms. The molecule has 3 aromatic carbocycles. The van der Waals surface area contributed by atoms with E-state index < -0.39 is 138 Å². The van der Waals surface area contributed by atoms with Gasteiger partial charge in [0.25, 0.3) is 5.69 Å². The highest BCUT2D eigenvalue weighted by Gasteiger charge is 2.52. The molecule has 6 nitrogen and oxygen atoms in total. The first-order valence-electron chi connectivity index (χ1n) is 12.0. The Hall–Kier alpha value is -6.03. The number of halogens is 13. The fourth-order valence-corrected chi connectivity index (χ4v) is 4.84. The highest BCUT2D eigenvalue weighted by atomic mass is 127. The van der Waals surface area contributed by atoms with Gasteiger partial charge in [0.1, 0.15) is 29.3 Å². The highest BCUT2D eigenvalue weighted by molar-refractivity contribution is 5.96. The molecule has 0 spiro atoms. The van der Waals surface area contributed by atoms with Crippen molar-refractivity contribution in [2.24, 2.45) is 5.92 Å². The van der Waals surface area contributed by atoms with Crippen molar-refractivity contribution < 1.29 is 76.7 Å². The zero-order chi connectivity index (χ0) is 36.1. The molecule has 0 radical (unpaired) electrons. The molecule has 19 heteroatoms. The molecule has 1 aliphatic carbocycles. The van der Waals surface area contributed by atoms with E-state index in [4.69, 9.17) is 23.7 Å². The first-order chi connectivity index (χ1) is 22.6. The highest BCUT2D eigenvalue weighted by Crippen LogP contribution is 2.61. The van der Waals surface area contributed by atoms with Crippen LogP contribution < -0.4 is 24.0 Å². The maximum atomic E-state index is 15.1. The van der Waals surface area contributed by atoms with Crippen LogP contribution in [0.2, 0.25) is 0 Å². The Bertz CT molecular complexity index is 2160. The SMILES string of the molecule is [C-]#[N+]/C(=C1/C(=C(\C#N)c2c(F)c(F)c(C#N)c(F)c2F)C1C(C#N)c1c(F)c(F)c([N+]#[C-])c(F)c1F)c1c(F)c(F)c(C#N)c(F)c1F.[I-]. The number of allylic oxidation sites excluding steroid dienone is 3. The summed E-state index contributed by atoms with van der Waals surface area (Å²) < 4.78 is 178. The van der Waals surface area contributed by atoms with Gasteiger partial charge < -0.3 is 24.0 Å². The molecular weight excluding hydrogens is 799 g/mol. The van der Waals surface area contributed by atoms with Crippen LogP contribution in [-0.4, -0.2) is 0 Å². The molecule has 0 saturated heterocycles. The van der Waals surface area contributed by atoms with Crippen molar-refractivity contribution in [2.75, 3.05) is 0 Å². The molecule has 0 amide bonds. The summed E-state index contributed by atoms with van der Waals surface area (Å²) >= 11 is 0. The fourth-order valence-electron chi connectivity index (χ4n) is 4.84. The van der Waals surface area contributed by atoms with Gasteiger partial charge in [-0.2, -0.15) is 21.0 Å². The molecule has 4 rings (SSSR count). The maximum Gasteiger partial charge on any atom is 0.262 e. The van der Waals surface area contributed by atoms with Gasteiger partial charge in [-0.1, -0.05) is 0 Å². The summed E-state index contributed by atoms with van der Waals surface area (Å²) in [6.45, 7) is 14.1. The lowest BCUT2D eigenvalue weighted by atomic mass is 9.91. The smallest absolute Gasteiger partial charge is 0.262 e. The van der Waals surface area contributed by atoms with E-state index in [0.29, 0.717) is 0 Å². The quantitative estimate of drug-likeness (QED) is 0.119. The second-order valence-corrected chi connectivity index (χ2v) is 9.22. The molecule has 0 N–H and O–H groups in total. The lowest BCUT2D eigenvalue weighted by molar-refractivity contribution is -0.0000166. The van der Waals surface area contributed by atoms with Crippen LogP contribution in [0.1, 0.15) is 33.7 Å². The van der Waals surface area contributed by atoms with E-state index in [9.17, 15) is 36.9 Å². The Morgan fingerprint density at radius 3 is 1.31 bits per heavy atom. The number of rotatable bonds is 4. The van der Waals surface area contributed by atoms with Gasteiger partial charge in [-0.05, 0) is 11.1 Å². The van der Waals surface area contributed by atoms with Gasteiger partial charge in [0, 0.05) is 11.5 Å². The normalized spacial score (nSPS) is 15.7. The number of hydrogen-bond donors (Lipinski definition) is 0. The van der Waals surface area contributed by atoms with Gasteiger partial charge in [0.05, 0.1) is 41.8 Å². The third-order valence-corrected chi connectivity index (χ3v) is 6.98. The maximum absolute atomic E-state index is 15.1. The van der Waals surface area contributed by atoms with E-state index in [1.807, 2.05) is 0 Å². The first kappa shape index (κ1) is 37.4. The summed E-state index contributed by atoms with van der Waals surface area (Å²) in [5.41, 5.74) is -17.6. The number of nitriles is 4. The van der Waals surface area contributed by atoms with Crippen molar-refractivity contribution in [3.63, 3.8) is 0 Å². The van der Waals surface area contributed by atoms with E-state index in [2.05, 4.69) is 9.69 Å². The van der Waals surface area contributed by atoms with E-state index in [-0.39, 0.29) is 24.0 Å². The summed E-state index contributed by atoms with van der Waals surface area (Å²) in [5.74, 6) is -34.7. The van der Waals surface area contributed by atoms with Crippen LogP contribution in [0, 0.1) is 134 Å². The molecule has 244 valence electrons. The monoisotopic (exact) mass is 801 g/mol. The molecule has 0 aliphatic heterocycles. The van der Waals surface area contributed by atoms with Crippen molar-refractivity contribution in [1.29, 1.82) is 21.0 Å². The number of benzene rings is 3. The van der Waals surface area contributed by atoms with E-state index >= 15 is 26.3 Å². The van der Waals surface area contributed by atoms with Gasteiger partial charge in [0.15, 0.2) is 69.8 Å². The third-order valence-electron chi connectivity index (χ3n) is 6.98. The van der Waals surface area contributed by atoms with Crippen molar-refractivity contribution in [1.82, 2.24) is 0 Å². The first-order valence-corrected chi connectivity index (χ1v) is 12.0. The molecule has 0 bridgehead atoms. The second kappa shape index (κ2) is 13.6. The minimum Gasteiger partial charge on any atom is -1.00 e. The lowest BCUT2D eigenvalue weighted by Crippen LogP contribution is -3.00. The molecule has 2 unspecified atom stereocenters. The summed E-state index contributed by atoms with van der Waals surface area (Å²) in [6, 6.07) is 3.65. The molecule has 1 fully saturated rings. The van der Waals surface area contributed by atoms with Crippen molar-refractivity contribution in [3.05, 3.63) is 132 Å². The minimum atomic E-state index is -2.82. The Kier molecular flexibility index (Phi) is 10.4. The van der Waals surface area contributed by atoms with Crippen LogP contribution in [0.25, 0.3) is 21.0 Å². The van der Waals surface area contributed by atoms with Crippen LogP contribution in [0.5, 0.6) is 0 Å². The molecule has 0 aromatic heterocycles. The average molecular weight is 801 g/mol. The average Bonchev–Trinajstić information content (AvgIpc) is 3.78. The zero-order valence-corrected chi connectivity index (χ0v) is 24.9. The van der Waals surface area contributed by atoms with Crippen LogP contribution >= 0.6 is 0 Å². The molecular formula is C30H2F12IN6-. The lowest BCUT2D eigenvalue weighted by Gasteiger charge is -2.13. The van der Waals surface area contributed by atoms with E-state index in [1.165, 1.54) is 0 Å². The Morgan fingerprint density at radius 1 is 0.571 bits per heavy atom. The Morgan fingerprint density at radius 2 is 0.980 bits per heavy atom. The van der Waals surface area contributed by atoms with E-state index in [0.717, 1.165) is 24.3 Å². The standard InChI is InChI=1S/C30H2F12N6.HI/c1-47-29(16-25(39)19(33)10(6-46)20(34)26(16)40)15-11(7(3-43)13-21(35)17(31)9(5-45)18(32)22(13)36)12(15)8(4-44)14-23(37)27(41)30(48-2)28(42)24(14)38;/h8,12H;1H/p-1/b11-7+,29-15-;. The Balaban J connectivity index is 0.00000650. The van der Waals surface area contributed by atoms with Crippen LogP contribution in [0.3, 0.4) is 0 Å². The van der Waals surface area contributed by atoms with Gasteiger partial charge >= 0.3 is 0 Å². The minimum absolute atomic E-state index is 0. The molecule has 1 saturated carbocycles. The van der Waals surface area contributed by atoms with Crippen LogP contribution in [-0.2, 0) is 0 Å². The van der Waals surface area contributed by atoms with Crippen molar-refractivity contribution in [2.45, 2.75) is 5.92 Å². The van der Waals surface area contributed by atoms with Gasteiger partial charge in [-0.3, -0.25) is 0 Å². The number of nitrogens with zero attached hydrogens (tertiary/aromatic N) is 6. The predicted molar refractivity (Wildman–Crippen MR) is 132 cm³/mol. The molecule has 0 heterocycles. The fraction of sp³-hybridized carbons (Fsp3) is 0.0667. The summed E-state index contributed by atoms with van der Waals surface area (Å²) in [4.78, 5) is 4.89. The van der Waals surface area contributed by atoms with Crippen LogP contribution in [0.4, 0.5) is 58.4 Å². The predicted octanol–water partition coefficient (Wildman–Crippen LogP) is 5.20. The molecule has 3 aromatic rings. The summed E-state index contributed by atoms with van der Waals surface area (Å²) in [6.07, 6.45) is 0. The summed E-state index contributed by atoms with van der Waals surface area (Å²) in [7, 11) is 0. The van der Waals surface area contributed by atoms with Crippen LogP contribution in [0.15, 0.2) is 11.1 Å². The molecule has 1 aliphatic rings. The molecule has 2 atom stereocenters. The van der Waals surface area contributed by atoms with Gasteiger partial charge in [0.2, 0.25) is 5.70 Å². The Labute approximate surface area is 281 Å². The summed E-state index contributed by atoms with van der Waals surface area (Å²) in [5, 5.41) is 37.4. The topological polar surface area (TPSA) is 104 Å². The van der Waals surface area contributed by atoms with E-state index in [1.54, 1.807) is 0 Å². The third kappa shape index (κ3) is 5.35. The van der Waals surface area contributed by atoms with Gasteiger partial charge in [-0.25, -0.2) is 62.4 Å².